The molecule has 0 fully saturated rings. The standard InChI is InChI=1S/C22H20ClN3O5S/c1-24-22(28)17-13-15(9-12-18(17)23)25-21(27)14-7-10-16(11-8-14)32(29,30)26-19-5-3-4-6-20(19)31-2/h3-13,26H,1-2H3,(H,24,28)(H,25,27). The lowest BCUT2D eigenvalue weighted by molar-refractivity contribution is 0.0961. The van der Waals surface area contributed by atoms with Crippen molar-refractivity contribution in [3.63, 3.8) is 0 Å². The van der Waals surface area contributed by atoms with E-state index in [9.17, 15) is 18.0 Å². The van der Waals surface area contributed by atoms with Crippen molar-refractivity contribution in [3.05, 3.63) is 82.9 Å². The maximum absolute atomic E-state index is 12.7. The first-order valence-corrected chi connectivity index (χ1v) is 11.2. The van der Waals surface area contributed by atoms with Crippen LogP contribution in [-0.4, -0.2) is 34.4 Å². The lowest BCUT2D eigenvalue weighted by atomic mass is 10.1. The first-order valence-electron chi connectivity index (χ1n) is 9.34. The molecule has 0 aliphatic rings. The Bertz CT molecular complexity index is 1260. The minimum Gasteiger partial charge on any atom is -0.495 e. The minimum atomic E-state index is -3.89. The van der Waals surface area contributed by atoms with Crippen LogP contribution >= 0.6 is 11.6 Å². The van der Waals surface area contributed by atoms with E-state index in [-0.39, 0.29) is 27.0 Å². The Morgan fingerprint density at radius 3 is 2.28 bits per heavy atom. The fourth-order valence-electron chi connectivity index (χ4n) is 2.83. The van der Waals surface area contributed by atoms with Gasteiger partial charge in [-0.25, -0.2) is 8.42 Å². The summed E-state index contributed by atoms with van der Waals surface area (Å²) < 4.78 is 33.0. The van der Waals surface area contributed by atoms with Gasteiger partial charge >= 0.3 is 0 Å². The number of anilines is 2. The second-order valence-corrected chi connectivity index (χ2v) is 8.65. The van der Waals surface area contributed by atoms with Crippen LogP contribution in [0.5, 0.6) is 5.75 Å². The van der Waals surface area contributed by atoms with Gasteiger partial charge in [-0.1, -0.05) is 23.7 Å². The molecule has 0 unspecified atom stereocenters. The van der Waals surface area contributed by atoms with Crippen molar-refractivity contribution in [3.8, 4) is 5.75 Å². The smallest absolute Gasteiger partial charge is 0.262 e. The third-order valence-electron chi connectivity index (χ3n) is 4.47. The molecule has 0 aromatic heterocycles. The van der Waals surface area contributed by atoms with Crippen LogP contribution in [0.2, 0.25) is 5.02 Å². The summed E-state index contributed by atoms with van der Waals surface area (Å²) in [6, 6.07) is 16.6. The summed E-state index contributed by atoms with van der Waals surface area (Å²) >= 11 is 6.02. The SMILES string of the molecule is CNC(=O)c1cc(NC(=O)c2ccc(S(=O)(=O)Nc3ccccc3OC)cc2)ccc1Cl. The number of carbonyl (C=O) groups excluding carboxylic acids is 2. The summed E-state index contributed by atoms with van der Waals surface area (Å²) in [5.41, 5.74) is 1.12. The topological polar surface area (TPSA) is 114 Å². The summed E-state index contributed by atoms with van der Waals surface area (Å²) in [6.07, 6.45) is 0. The normalized spacial score (nSPS) is 10.8. The second-order valence-electron chi connectivity index (χ2n) is 6.56. The summed E-state index contributed by atoms with van der Waals surface area (Å²) in [5.74, 6) is -0.480. The molecule has 0 heterocycles. The zero-order valence-electron chi connectivity index (χ0n) is 17.2. The van der Waals surface area contributed by atoms with E-state index in [0.717, 1.165) is 0 Å². The Kier molecular flexibility index (Phi) is 7.01. The van der Waals surface area contributed by atoms with E-state index in [0.29, 0.717) is 17.1 Å². The van der Waals surface area contributed by atoms with Crippen LogP contribution in [0.15, 0.2) is 71.6 Å². The number of para-hydroxylation sites is 2. The van der Waals surface area contributed by atoms with Gasteiger partial charge in [0.05, 0.1) is 28.3 Å². The van der Waals surface area contributed by atoms with Gasteiger partial charge in [0.15, 0.2) is 0 Å². The van der Waals surface area contributed by atoms with Crippen molar-refractivity contribution in [2.24, 2.45) is 0 Å². The molecule has 0 aliphatic carbocycles. The summed E-state index contributed by atoms with van der Waals surface area (Å²) in [5, 5.41) is 5.38. The van der Waals surface area contributed by atoms with Gasteiger partial charge in [0.25, 0.3) is 21.8 Å². The first kappa shape index (κ1) is 23.1. The minimum absolute atomic E-state index is 0.0200. The third kappa shape index (κ3) is 5.19. The molecule has 0 bridgehead atoms. The summed E-state index contributed by atoms with van der Waals surface area (Å²) in [4.78, 5) is 24.4. The van der Waals surface area contributed by atoms with Crippen LogP contribution in [0, 0.1) is 0 Å². The van der Waals surface area contributed by atoms with E-state index in [1.54, 1.807) is 30.3 Å². The Morgan fingerprint density at radius 1 is 0.938 bits per heavy atom. The molecule has 0 radical (unpaired) electrons. The highest BCUT2D eigenvalue weighted by molar-refractivity contribution is 7.92. The number of methoxy groups -OCH3 is 1. The molecule has 10 heteroatoms. The van der Waals surface area contributed by atoms with Crippen molar-refractivity contribution in [1.82, 2.24) is 5.32 Å². The number of amides is 2. The molecule has 0 spiro atoms. The van der Waals surface area contributed by atoms with Crippen molar-refractivity contribution in [2.45, 2.75) is 4.90 Å². The van der Waals surface area contributed by atoms with Crippen LogP contribution < -0.4 is 20.1 Å². The van der Waals surface area contributed by atoms with Gasteiger partial charge in [-0.3, -0.25) is 14.3 Å². The zero-order valence-corrected chi connectivity index (χ0v) is 18.8. The fourth-order valence-corrected chi connectivity index (χ4v) is 4.11. The summed E-state index contributed by atoms with van der Waals surface area (Å²) in [6.45, 7) is 0. The predicted octanol–water partition coefficient (Wildman–Crippen LogP) is 3.76. The fraction of sp³-hybridized carbons (Fsp3) is 0.0909. The number of sulfonamides is 1. The van der Waals surface area contributed by atoms with Crippen LogP contribution in [0.4, 0.5) is 11.4 Å². The molecule has 3 N–H and O–H groups in total. The van der Waals surface area contributed by atoms with Gasteiger partial charge in [0.2, 0.25) is 0 Å². The maximum atomic E-state index is 12.7. The van der Waals surface area contributed by atoms with Crippen LogP contribution in [-0.2, 0) is 10.0 Å². The molecule has 166 valence electrons. The van der Waals surface area contributed by atoms with Crippen molar-refractivity contribution < 1.29 is 22.7 Å². The van der Waals surface area contributed by atoms with Crippen LogP contribution in [0.3, 0.4) is 0 Å². The van der Waals surface area contributed by atoms with Gasteiger partial charge in [0.1, 0.15) is 5.75 Å². The van der Waals surface area contributed by atoms with E-state index >= 15 is 0 Å². The number of benzene rings is 3. The molecule has 0 saturated heterocycles. The van der Waals surface area contributed by atoms with Gasteiger partial charge in [-0.2, -0.15) is 0 Å². The van der Waals surface area contributed by atoms with Crippen molar-refractivity contribution in [1.29, 1.82) is 0 Å². The molecule has 3 rings (SSSR count). The van der Waals surface area contributed by atoms with Crippen LogP contribution in [0.25, 0.3) is 0 Å². The van der Waals surface area contributed by atoms with E-state index in [1.807, 2.05) is 0 Å². The molecule has 3 aromatic rings. The Labute approximate surface area is 190 Å². The number of hydrogen-bond donors (Lipinski definition) is 3. The average molecular weight is 474 g/mol. The number of nitrogens with one attached hydrogen (secondary N) is 3. The zero-order chi connectivity index (χ0) is 23.3. The number of halogens is 1. The highest BCUT2D eigenvalue weighted by Crippen LogP contribution is 2.26. The molecular formula is C22H20ClN3O5S. The van der Waals surface area contributed by atoms with E-state index in [1.165, 1.54) is 50.6 Å². The third-order valence-corrected chi connectivity index (χ3v) is 6.19. The largest absolute Gasteiger partial charge is 0.495 e. The Hall–Kier alpha value is -3.56. The highest BCUT2D eigenvalue weighted by atomic mass is 35.5. The molecule has 3 aromatic carbocycles. The number of rotatable bonds is 7. The van der Waals surface area contributed by atoms with Crippen LogP contribution in [0.1, 0.15) is 20.7 Å². The summed E-state index contributed by atoms with van der Waals surface area (Å²) in [7, 11) is -0.973. The van der Waals surface area contributed by atoms with Gasteiger partial charge < -0.3 is 15.4 Å². The van der Waals surface area contributed by atoms with Gasteiger partial charge in [-0.05, 0) is 54.6 Å². The maximum Gasteiger partial charge on any atom is 0.262 e. The number of hydrogen-bond acceptors (Lipinski definition) is 5. The molecule has 0 atom stereocenters. The second kappa shape index (κ2) is 9.71. The van der Waals surface area contributed by atoms with E-state index < -0.39 is 15.9 Å². The molecule has 2 amide bonds. The molecule has 8 nitrogen and oxygen atoms in total. The molecule has 32 heavy (non-hydrogen) atoms. The Morgan fingerprint density at radius 2 is 1.62 bits per heavy atom. The number of carbonyl (C=O) groups is 2. The lowest BCUT2D eigenvalue weighted by Gasteiger charge is -2.12. The highest BCUT2D eigenvalue weighted by Gasteiger charge is 2.18. The number of ether oxygens (including phenoxy) is 1. The van der Waals surface area contributed by atoms with E-state index in [2.05, 4.69) is 15.4 Å². The monoisotopic (exact) mass is 473 g/mol. The first-order chi connectivity index (χ1) is 15.2. The van der Waals surface area contributed by atoms with Crippen molar-refractivity contribution in [2.75, 3.05) is 24.2 Å². The molecular weight excluding hydrogens is 454 g/mol. The molecule has 0 aliphatic heterocycles. The predicted molar refractivity (Wildman–Crippen MR) is 123 cm³/mol. The van der Waals surface area contributed by atoms with Gasteiger partial charge in [-0.15, -0.1) is 0 Å². The average Bonchev–Trinajstić information content (AvgIpc) is 2.80. The molecule has 0 saturated carbocycles. The quantitative estimate of drug-likeness (QED) is 0.483. The van der Waals surface area contributed by atoms with Crippen molar-refractivity contribution >= 4 is 44.8 Å². The Balaban J connectivity index is 1.76. The lowest BCUT2D eigenvalue weighted by Crippen LogP contribution is -2.19. The van der Waals surface area contributed by atoms with Gasteiger partial charge in [0, 0.05) is 18.3 Å². The van der Waals surface area contributed by atoms with E-state index in [4.69, 9.17) is 16.3 Å².